The lowest BCUT2D eigenvalue weighted by Gasteiger charge is -2.41. The van der Waals surface area contributed by atoms with Crippen molar-refractivity contribution in [3.8, 4) is 0 Å². The van der Waals surface area contributed by atoms with Crippen molar-refractivity contribution in [2.75, 3.05) is 47.5 Å². The summed E-state index contributed by atoms with van der Waals surface area (Å²) in [5.74, 6) is 0.555. The van der Waals surface area contributed by atoms with E-state index in [1.165, 1.54) is 11.3 Å². The molecule has 1 N–H and O–H groups in total. The van der Waals surface area contributed by atoms with Gasteiger partial charge in [0, 0.05) is 68.1 Å². The zero-order valence-electron chi connectivity index (χ0n) is 24.7. The highest BCUT2D eigenvalue weighted by atomic mass is 32.2. The number of piperazine rings is 1. The van der Waals surface area contributed by atoms with Crippen LogP contribution in [0.2, 0.25) is 0 Å². The predicted molar refractivity (Wildman–Crippen MR) is 169 cm³/mol. The van der Waals surface area contributed by atoms with E-state index in [1.54, 1.807) is 11.9 Å². The molecule has 216 valence electrons. The smallest absolute Gasteiger partial charge is 0.410 e. The maximum Gasteiger partial charge on any atom is 0.410 e. The van der Waals surface area contributed by atoms with Gasteiger partial charge in [0.15, 0.2) is 0 Å². The zero-order chi connectivity index (χ0) is 29.1. The quantitative estimate of drug-likeness (QED) is 0.255. The van der Waals surface area contributed by atoms with Crippen LogP contribution in [-0.2, 0) is 11.3 Å². The molecule has 1 aliphatic rings. The maximum atomic E-state index is 12.6. The number of para-hydroxylation sites is 1. The van der Waals surface area contributed by atoms with E-state index in [4.69, 9.17) is 9.72 Å². The molecule has 0 saturated carbocycles. The number of nitrogens with zero attached hydrogens (tertiary/aromatic N) is 6. The number of amides is 1. The number of carbonyl (C=O) groups excluding carboxylic acids is 1. The van der Waals surface area contributed by atoms with E-state index in [0.717, 1.165) is 42.0 Å². The molecule has 1 amide bonds. The van der Waals surface area contributed by atoms with E-state index in [1.807, 2.05) is 44.0 Å². The number of aromatic nitrogens is 3. The summed E-state index contributed by atoms with van der Waals surface area (Å²) in [6, 6.07) is 18.8. The van der Waals surface area contributed by atoms with Gasteiger partial charge in [-0.25, -0.2) is 9.78 Å². The molecular formula is C31H39N7O2S. The molecule has 41 heavy (non-hydrogen) atoms. The van der Waals surface area contributed by atoms with Gasteiger partial charge in [0.2, 0.25) is 5.95 Å². The molecule has 1 saturated heterocycles. The summed E-state index contributed by atoms with van der Waals surface area (Å²) in [7, 11) is 2.08. The van der Waals surface area contributed by atoms with Gasteiger partial charge in [-0.2, -0.15) is 4.98 Å². The molecule has 4 aromatic rings. The Kier molecular flexibility index (Phi) is 8.30. The number of rotatable bonds is 7. The fraction of sp³-hybridized carbons (Fsp3) is 0.387. The van der Waals surface area contributed by atoms with Gasteiger partial charge < -0.3 is 28.7 Å². The SMILES string of the molecule is CSN(C)c1ccccc1Cn1ccc2cnc(Nc3ccc(N4CCN(C(=O)OC(C)(C)C)[C@H](C)C4)cc3)nc21. The Hall–Kier alpha value is -3.92. The minimum absolute atomic E-state index is 0.0564. The summed E-state index contributed by atoms with van der Waals surface area (Å²) in [4.78, 5) is 26.1. The van der Waals surface area contributed by atoms with E-state index >= 15 is 0 Å². The molecule has 1 fully saturated rings. The van der Waals surface area contributed by atoms with Gasteiger partial charge in [0.05, 0.1) is 12.2 Å². The summed E-state index contributed by atoms with van der Waals surface area (Å²) in [5, 5.41) is 4.36. The summed E-state index contributed by atoms with van der Waals surface area (Å²) in [6.45, 7) is 10.6. The van der Waals surface area contributed by atoms with Crippen LogP contribution in [0.15, 0.2) is 67.0 Å². The topological polar surface area (TPSA) is 78.8 Å². The Labute approximate surface area is 246 Å². The van der Waals surface area contributed by atoms with E-state index < -0.39 is 5.60 Å². The number of anilines is 4. The highest BCUT2D eigenvalue weighted by molar-refractivity contribution is 7.99. The number of benzene rings is 2. The number of ether oxygens (including phenoxy) is 1. The second-order valence-electron chi connectivity index (χ2n) is 11.4. The number of hydrogen-bond acceptors (Lipinski definition) is 8. The average Bonchev–Trinajstić information content (AvgIpc) is 3.34. The second-order valence-corrected chi connectivity index (χ2v) is 12.3. The third-order valence-electron chi connectivity index (χ3n) is 7.19. The first-order valence-electron chi connectivity index (χ1n) is 13.9. The molecule has 0 radical (unpaired) electrons. The van der Waals surface area contributed by atoms with E-state index in [-0.39, 0.29) is 12.1 Å². The number of carbonyl (C=O) groups is 1. The largest absolute Gasteiger partial charge is 0.444 e. The van der Waals surface area contributed by atoms with Crippen molar-refractivity contribution in [2.45, 2.75) is 45.9 Å². The predicted octanol–water partition coefficient (Wildman–Crippen LogP) is 6.38. The van der Waals surface area contributed by atoms with Crippen LogP contribution in [0.1, 0.15) is 33.3 Å². The lowest BCUT2D eigenvalue weighted by molar-refractivity contribution is 0.0159. The molecule has 0 unspecified atom stereocenters. The third-order valence-corrected chi connectivity index (χ3v) is 7.94. The molecule has 9 nitrogen and oxygen atoms in total. The summed E-state index contributed by atoms with van der Waals surface area (Å²) in [6.07, 6.45) is 5.76. The Balaban J connectivity index is 1.25. The number of hydrogen-bond donors (Lipinski definition) is 1. The first-order chi connectivity index (χ1) is 19.6. The average molecular weight is 574 g/mol. The molecule has 5 rings (SSSR count). The maximum absolute atomic E-state index is 12.6. The van der Waals surface area contributed by atoms with Crippen LogP contribution in [0.25, 0.3) is 11.0 Å². The van der Waals surface area contributed by atoms with Gasteiger partial charge in [-0.05, 0) is 69.7 Å². The molecule has 0 bridgehead atoms. The highest BCUT2D eigenvalue weighted by Gasteiger charge is 2.30. The lowest BCUT2D eigenvalue weighted by atomic mass is 10.1. The molecule has 3 heterocycles. The molecular weight excluding hydrogens is 534 g/mol. The van der Waals surface area contributed by atoms with Gasteiger partial charge in [0.1, 0.15) is 11.2 Å². The van der Waals surface area contributed by atoms with Crippen LogP contribution in [0.5, 0.6) is 0 Å². The molecule has 0 aliphatic carbocycles. The number of fused-ring (bicyclic) bond motifs is 1. The van der Waals surface area contributed by atoms with E-state index in [9.17, 15) is 4.79 Å². The van der Waals surface area contributed by atoms with Gasteiger partial charge >= 0.3 is 6.09 Å². The molecule has 0 spiro atoms. The standard InChI is InChI=1S/C31H39N7O2S/c1-22-20-36(17-18-38(22)30(39)40-31(2,3)4)26-13-11-25(12-14-26)33-29-32-19-23-15-16-37(28(23)34-29)21-24-9-7-8-10-27(24)35(5)41-6/h7-16,19,22H,17-18,20-21H2,1-6H3,(H,32,33,34)/t22-/m1/s1. The Morgan fingerprint density at radius 1 is 1.12 bits per heavy atom. The van der Waals surface area contributed by atoms with Gasteiger partial charge in [-0.3, -0.25) is 0 Å². The zero-order valence-corrected chi connectivity index (χ0v) is 25.5. The van der Waals surface area contributed by atoms with Gasteiger partial charge in [-0.1, -0.05) is 30.1 Å². The van der Waals surface area contributed by atoms with Crippen molar-refractivity contribution in [1.82, 2.24) is 19.4 Å². The third kappa shape index (κ3) is 6.70. The lowest BCUT2D eigenvalue weighted by Crippen LogP contribution is -2.55. The van der Waals surface area contributed by atoms with Crippen molar-refractivity contribution >= 4 is 52.1 Å². The Morgan fingerprint density at radius 3 is 2.59 bits per heavy atom. The summed E-state index contributed by atoms with van der Waals surface area (Å²) in [5.41, 5.74) is 4.84. The molecule has 2 aromatic heterocycles. The van der Waals surface area contributed by atoms with Crippen molar-refractivity contribution in [3.63, 3.8) is 0 Å². The van der Waals surface area contributed by atoms with Crippen LogP contribution >= 0.6 is 11.9 Å². The van der Waals surface area contributed by atoms with Crippen LogP contribution < -0.4 is 14.5 Å². The second kappa shape index (κ2) is 11.9. The fourth-order valence-corrected chi connectivity index (χ4v) is 5.44. The summed E-state index contributed by atoms with van der Waals surface area (Å²) < 4.78 is 9.92. The summed E-state index contributed by atoms with van der Waals surface area (Å²) >= 11 is 1.69. The first kappa shape index (κ1) is 28.6. The Bertz CT molecular complexity index is 1500. The highest BCUT2D eigenvalue weighted by Crippen LogP contribution is 2.27. The van der Waals surface area contributed by atoms with Crippen molar-refractivity contribution in [2.24, 2.45) is 0 Å². The fourth-order valence-electron chi connectivity index (χ4n) is 5.06. The van der Waals surface area contributed by atoms with Crippen LogP contribution in [-0.4, -0.2) is 70.1 Å². The van der Waals surface area contributed by atoms with E-state index in [2.05, 4.69) is 93.0 Å². The first-order valence-corrected chi connectivity index (χ1v) is 15.1. The minimum atomic E-state index is -0.496. The molecule has 1 atom stereocenters. The van der Waals surface area contributed by atoms with Crippen LogP contribution in [0.3, 0.4) is 0 Å². The normalized spacial score (nSPS) is 15.7. The van der Waals surface area contributed by atoms with Crippen molar-refractivity contribution in [3.05, 3.63) is 72.6 Å². The van der Waals surface area contributed by atoms with Crippen LogP contribution in [0.4, 0.5) is 27.8 Å². The van der Waals surface area contributed by atoms with Crippen molar-refractivity contribution < 1.29 is 9.53 Å². The van der Waals surface area contributed by atoms with E-state index in [0.29, 0.717) is 12.5 Å². The van der Waals surface area contributed by atoms with Crippen LogP contribution in [0, 0.1) is 0 Å². The molecule has 10 heteroatoms. The number of nitrogens with one attached hydrogen (secondary N) is 1. The molecule has 1 aliphatic heterocycles. The van der Waals surface area contributed by atoms with Crippen molar-refractivity contribution in [1.29, 1.82) is 0 Å². The minimum Gasteiger partial charge on any atom is -0.444 e. The Morgan fingerprint density at radius 2 is 1.88 bits per heavy atom. The molecule has 2 aromatic carbocycles. The monoisotopic (exact) mass is 573 g/mol. The van der Waals surface area contributed by atoms with Gasteiger partial charge in [0.25, 0.3) is 0 Å². The van der Waals surface area contributed by atoms with Gasteiger partial charge in [-0.15, -0.1) is 0 Å².